The van der Waals surface area contributed by atoms with E-state index in [-0.39, 0.29) is 6.04 Å². The van der Waals surface area contributed by atoms with Crippen LogP contribution in [0.2, 0.25) is 0 Å². The Bertz CT molecular complexity index is 633. The van der Waals surface area contributed by atoms with Crippen molar-refractivity contribution in [3.63, 3.8) is 0 Å². The van der Waals surface area contributed by atoms with Gasteiger partial charge >= 0.3 is 0 Å². The lowest BCUT2D eigenvalue weighted by Gasteiger charge is -2.27. The van der Waals surface area contributed by atoms with Crippen LogP contribution in [0.15, 0.2) is 18.2 Å². The van der Waals surface area contributed by atoms with Gasteiger partial charge in [-0.1, -0.05) is 34.1 Å². The summed E-state index contributed by atoms with van der Waals surface area (Å²) in [6, 6.07) is 6.35. The van der Waals surface area contributed by atoms with E-state index in [1.165, 1.54) is 30.6 Å². The Hall–Kier alpha value is -1.01. The maximum Gasteiger partial charge on any atom is 0.223 e. The summed E-state index contributed by atoms with van der Waals surface area (Å²) >= 11 is 0. The van der Waals surface area contributed by atoms with Crippen molar-refractivity contribution in [3.8, 4) is 11.5 Å². The molecule has 1 amide bonds. The van der Waals surface area contributed by atoms with E-state index in [0.29, 0.717) is 25.5 Å². The number of carbonyl (C=O) groups is 1. The number of benzene rings is 1. The molecule has 0 bridgehead atoms. The monoisotopic (exact) mass is 393 g/mol. The Morgan fingerprint density at radius 3 is 2.88 bits per heavy atom. The molecule has 3 aliphatic rings. The number of rotatable bonds is 6. The maximum absolute atomic E-state index is 12.8. The molecular weight excluding hydrogens is 366 g/mol. The molecule has 0 aromatic heterocycles. The normalized spacial score (nSPS) is 24.8. The Balaban J connectivity index is 1.31. The number of ether oxygens (including phenoxy) is 2. The van der Waals surface area contributed by atoms with E-state index in [2.05, 4.69) is 17.0 Å². The van der Waals surface area contributed by atoms with Gasteiger partial charge in [0.2, 0.25) is 5.91 Å². The van der Waals surface area contributed by atoms with Gasteiger partial charge in [0.1, 0.15) is 13.2 Å². The predicted molar refractivity (Wildman–Crippen MR) is 108 cm³/mol. The van der Waals surface area contributed by atoms with Gasteiger partial charge in [-0.2, -0.15) is 0 Å². The largest absolute Gasteiger partial charge is 0.486 e. The minimum Gasteiger partial charge on any atom is -0.486 e. The molecule has 26 heavy (non-hydrogen) atoms. The van der Waals surface area contributed by atoms with Crippen LogP contribution in [0, 0.1) is 0 Å². The van der Waals surface area contributed by atoms with Crippen molar-refractivity contribution >= 4 is 27.5 Å². The van der Waals surface area contributed by atoms with Crippen molar-refractivity contribution in [1.82, 2.24) is 4.90 Å². The van der Waals surface area contributed by atoms with E-state index >= 15 is 0 Å². The second kappa shape index (κ2) is 8.79. The average molecular weight is 394 g/mol. The lowest BCUT2D eigenvalue weighted by atomic mass is 10.0. The van der Waals surface area contributed by atoms with Gasteiger partial charge < -0.3 is 14.4 Å². The topological polar surface area (TPSA) is 38.8 Å². The summed E-state index contributed by atoms with van der Waals surface area (Å²) in [5.41, 5.74) is 1.18. The molecule has 3 heterocycles. The fourth-order valence-electron chi connectivity index (χ4n) is 4.04. The van der Waals surface area contributed by atoms with Crippen LogP contribution < -0.4 is 9.47 Å². The Kier molecular flexibility index (Phi) is 6.20. The van der Waals surface area contributed by atoms with Crippen LogP contribution in [0.4, 0.5) is 0 Å². The van der Waals surface area contributed by atoms with Crippen molar-refractivity contribution in [2.45, 2.75) is 56.2 Å². The van der Waals surface area contributed by atoms with Crippen LogP contribution in [0.3, 0.4) is 0 Å². The predicted octanol–water partition coefficient (Wildman–Crippen LogP) is 4.84. The molecule has 1 aromatic carbocycles. The third-order valence-electron chi connectivity index (χ3n) is 5.42. The maximum atomic E-state index is 12.8. The molecule has 6 heteroatoms. The number of hydrogen-bond acceptors (Lipinski definition) is 5. The fourth-order valence-corrected chi connectivity index (χ4v) is 7.06. The van der Waals surface area contributed by atoms with E-state index < -0.39 is 0 Å². The van der Waals surface area contributed by atoms with Crippen molar-refractivity contribution in [2.75, 3.05) is 25.5 Å². The molecule has 0 radical (unpaired) electrons. The van der Waals surface area contributed by atoms with Crippen molar-refractivity contribution < 1.29 is 14.3 Å². The molecule has 1 aromatic rings. The number of carbonyl (C=O) groups excluding carboxylic acids is 1. The molecule has 4 rings (SSSR count). The van der Waals surface area contributed by atoms with E-state index in [0.717, 1.165) is 42.6 Å². The van der Waals surface area contributed by atoms with Crippen molar-refractivity contribution in [1.29, 1.82) is 0 Å². The zero-order chi connectivity index (χ0) is 17.8. The van der Waals surface area contributed by atoms with Crippen LogP contribution in [-0.4, -0.2) is 41.6 Å². The Morgan fingerprint density at radius 2 is 2.04 bits per heavy atom. The molecule has 0 saturated carbocycles. The quantitative estimate of drug-likeness (QED) is 0.511. The summed E-state index contributed by atoms with van der Waals surface area (Å²) < 4.78 is 11.3. The second-order valence-corrected chi connectivity index (χ2v) is 10.0. The smallest absolute Gasteiger partial charge is 0.223 e. The van der Waals surface area contributed by atoms with Crippen LogP contribution in [0.1, 0.15) is 56.6 Å². The molecular formula is C20H27NO3S2. The average Bonchev–Trinajstić information content (AvgIpc) is 3.36. The van der Waals surface area contributed by atoms with Gasteiger partial charge in [-0.15, -0.1) is 0 Å². The van der Waals surface area contributed by atoms with Crippen molar-refractivity contribution in [3.05, 3.63) is 23.8 Å². The summed E-state index contributed by atoms with van der Waals surface area (Å²) in [5, 5.41) is 0.812. The van der Waals surface area contributed by atoms with Crippen LogP contribution in [-0.2, 0) is 4.79 Å². The van der Waals surface area contributed by atoms with E-state index in [1.54, 1.807) is 0 Å². The van der Waals surface area contributed by atoms with Gasteiger partial charge in [0, 0.05) is 24.0 Å². The summed E-state index contributed by atoms with van der Waals surface area (Å²) in [6.07, 6.45) is 7.60. The van der Waals surface area contributed by atoms with E-state index in [4.69, 9.17) is 9.47 Å². The highest BCUT2D eigenvalue weighted by Gasteiger charge is 2.30. The molecule has 2 atom stereocenters. The minimum absolute atomic E-state index is 0.195. The Labute approximate surface area is 163 Å². The van der Waals surface area contributed by atoms with Gasteiger partial charge in [-0.3, -0.25) is 4.79 Å². The highest BCUT2D eigenvalue weighted by atomic mass is 33.1. The SMILES string of the molecule is O=C(CCCCC1CCSS1)N1CCCC1c1ccc2c(c1)OCCO2. The number of unbranched alkanes of at least 4 members (excludes halogenated alkanes) is 1. The van der Waals surface area contributed by atoms with Gasteiger partial charge in [-0.25, -0.2) is 0 Å². The first-order valence-corrected chi connectivity index (χ1v) is 12.2. The first-order valence-electron chi connectivity index (χ1n) is 9.78. The summed E-state index contributed by atoms with van der Waals surface area (Å²) in [5.74, 6) is 3.24. The molecule has 0 aliphatic carbocycles. The lowest BCUT2D eigenvalue weighted by Crippen LogP contribution is -2.30. The molecule has 2 saturated heterocycles. The minimum atomic E-state index is 0.195. The molecule has 0 spiro atoms. The van der Waals surface area contributed by atoms with Crippen LogP contribution >= 0.6 is 21.6 Å². The van der Waals surface area contributed by atoms with Gasteiger partial charge in [0.25, 0.3) is 0 Å². The fraction of sp³-hybridized carbons (Fsp3) is 0.650. The number of hydrogen-bond donors (Lipinski definition) is 0. The van der Waals surface area contributed by atoms with Gasteiger partial charge in [-0.05, 0) is 49.8 Å². The first kappa shape index (κ1) is 18.4. The molecule has 142 valence electrons. The summed E-state index contributed by atoms with van der Waals surface area (Å²) in [6.45, 7) is 2.09. The zero-order valence-electron chi connectivity index (χ0n) is 15.2. The number of amides is 1. The third-order valence-corrected chi connectivity index (χ3v) is 8.42. The molecule has 2 fully saturated rings. The van der Waals surface area contributed by atoms with Gasteiger partial charge in [0.05, 0.1) is 6.04 Å². The van der Waals surface area contributed by atoms with Gasteiger partial charge in [0.15, 0.2) is 11.5 Å². The zero-order valence-corrected chi connectivity index (χ0v) is 16.8. The lowest BCUT2D eigenvalue weighted by molar-refractivity contribution is -0.132. The number of fused-ring (bicyclic) bond motifs is 1. The standard InChI is InChI=1S/C20H27NO3S2/c22-20(6-2-1-4-16-9-13-25-26-16)21-10-3-5-17(21)15-7-8-18-19(14-15)24-12-11-23-18/h7-8,14,16-17H,1-6,9-13H2. The third kappa shape index (κ3) is 4.28. The second-order valence-electron chi connectivity index (χ2n) is 7.22. The molecule has 0 N–H and O–H groups in total. The first-order chi connectivity index (χ1) is 12.8. The molecule has 4 nitrogen and oxygen atoms in total. The van der Waals surface area contributed by atoms with Crippen LogP contribution in [0.25, 0.3) is 0 Å². The van der Waals surface area contributed by atoms with E-state index in [1.807, 2.05) is 27.7 Å². The van der Waals surface area contributed by atoms with Crippen molar-refractivity contribution in [2.24, 2.45) is 0 Å². The summed E-state index contributed by atoms with van der Waals surface area (Å²) in [4.78, 5) is 14.9. The van der Waals surface area contributed by atoms with Crippen LogP contribution in [0.5, 0.6) is 11.5 Å². The highest BCUT2D eigenvalue weighted by Crippen LogP contribution is 2.40. The number of nitrogens with zero attached hydrogens (tertiary/aromatic N) is 1. The van der Waals surface area contributed by atoms with E-state index in [9.17, 15) is 4.79 Å². The summed E-state index contributed by atoms with van der Waals surface area (Å²) in [7, 11) is 4.03. The highest BCUT2D eigenvalue weighted by molar-refractivity contribution is 8.77. The molecule has 3 aliphatic heterocycles. The Morgan fingerprint density at radius 1 is 1.15 bits per heavy atom. The number of likely N-dealkylation sites (tertiary alicyclic amines) is 1. The molecule has 2 unspecified atom stereocenters.